The Kier molecular flexibility index (Phi) is 6.77. The van der Waals surface area contributed by atoms with Gasteiger partial charge in [0.2, 0.25) is 5.11 Å². The number of thiocarbonyl (C=S) groups is 1. The largest absolute Gasteiger partial charge is 0.490 e. The number of hydrazone groups is 1. The van der Waals surface area contributed by atoms with Crippen LogP contribution in [0.5, 0.6) is 11.5 Å². The van der Waals surface area contributed by atoms with E-state index in [1.54, 1.807) is 11.2 Å². The van der Waals surface area contributed by atoms with Crippen LogP contribution in [0.4, 0.5) is 0 Å². The summed E-state index contributed by atoms with van der Waals surface area (Å²) in [5.74, 6) is 1.34. The molecule has 0 saturated carbocycles. The average Bonchev–Trinajstić information content (AvgIpc) is 3.27. The third-order valence-corrected chi connectivity index (χ3v) is 5.85. The summed E-state index contributed by atoms with van der Waals surface area (Å²) >= 11 is 5.34. The monoisotopic (exact) mass is 480 g/mol. The lowest BCUT2D eigenvalue weighted by Gasteiger charge is -2.17. The van der Waals surface area contributed by atoms with E-state index in [1.165, 1.54) is 10.8 Å². The van der Waals surface area contributed by atoms with Crippen LogP contribution in [-0.4, -0.2) is 22.9 Å². The number of ether oxygens (including phenoxy) is 2. The molecule has 6 nitrogen and oxygen atoms in total. The molecule has 1 aliphatic rings. The first-order chi connectivity index (χ1) is 17.2. The summed E-state index contributed by atoms with van der Waals surface area (Å²) in [6.45, 7) is 2.92. The molecule has 7 heteroatoms. The van der Waals surface area contributed by atoms with Crippen LogP contribution in [0.1, 0.15) is 29.8 Å². The summed E-state index contributed by atoms with van der Waals surface area (Å²) in [6.07, 6.45) is 1.37. The molecule has 0 amide bonds. The van der Waals surface area contributed by atoms with Gasteiger partial charge in [-0.25, -0.2) is 5.01 Å². The minimum atomic E-state index is -0.365. The van der Waals surface area contributed by atoms with Crippen molar-refractivity contribution in [2.75, 3.05) is 6.61 Å². The first-order valence-electron chi connectivity index (χ1n) is 11.4. The van der Waals surface area contributed by atoms with Crippen LogP contribution >= 0.6 is 12.2 Å². The van der Waals surface area contributed by atoms with E-state index in [9.17, 15) is 0 Å². The van der Waals surface area contributed by atoms with Gasteiger partial charge in [0.25, 0.3) is 0 Å². The first kappa shape index (κ1) is 22.7. The van der Waals surface area contributed by atoms with Crippen LogP contribution in [0.3, 0.4) is 0 Å². The molecule has 0 bridgehead atoms. The SMILES string of the molecule is CCOc1cc(C=NN2C(=S)N=NC2c2ccccc2)ccc1OCc1ccc2ccccc2c1. The van der Waals surface area contributed by atoms with Gasteiger partial charge in [-0.05, 0) is 65.3 Å². The van der Waals surface area contributed by atoms with Crippen LogP contribution < -0.4 is 9.47 Å². The summed E-state index contributed by atoms with van der Waals surface area (Å²) in [7, 11) is 0. The van der Waals surface area contributed by atoms with Gasteiger partial charge in [0.1, 0.15) is 6.61 Å². The van der Waals surface area contributed by atoms with E-state index < -0.39 is 0 Å². The Morgan fingerprint density at radius 2 is 1.69 bits per heavy atom. The predicted octanol–water partition coefficient (Wildman–Crippen LogP) is 6.90. The fraction of sp³-hybridized carbons (Fsp3) is 0.143. The van der Waals surface area contributed by atoms with Gasteiger partial charge in [0, 0.05) is 5.56 Å². The molecule has 0 aromatic heterocycles. The van der Waals surface area contributed by atoms with Crippen molar-refractivity contribution in [3.8, 4) is 11.5 Å². The van der Waals surface area contributed by atoms with Gasteiger partial charge in [0.15, 0.2) is 17.7 Å². The van der Waals surface area contributed by atoms with Gasteiger partial charge < -0.3 is 9.47 Å². The quantitative estimate of drug-likeness (QED) is 0.203. The first-order valence-corrected chi connectivity index (χ1v) is 11.8. The average molecular weight is 481 g/mol. The molecular weight excluding hydrogens is 456 g/mol. The summed E-state index contributed by atoms with van der Waals surface area (Å²) in [5.41, 5.74) is 2.92. The molecular formula is C28H24N4O2S. The number of hydrogen-bond acceptors (Lipinski definition) is 5. The summed E-state index contributed by atoms with van der Waals surface area (Å²) in [5, 5.41) is 17.2. The van der Waals surface area contributed by atoms with E-state index in [-0.39, 0.29) is 6.17 Å². The van der Waals surface area contributed by atoms with Crippen molar-refractivity contribution in [2.24, 2.45) is 15.3 Å². The van der Waals surface area contributed by atoms with Gasteiger partial charge >= 0.3 is 0 Å². The zero-order chi connectivity index (χ0) is 24.0. The minimum absolute atomic E-state index is 0.329. The number of benzene rings is 4. The fourth-order valence-corrected chi connectivity index (χ4v) is 4.05. The van der Waals surface area contributed by atoms with Gasteiger partial charge in [0.05, 0.1) is 12.8 Å². The van der Waals surface area contributed by atoms with E-state index in [1.807, 2.05) is 67.6 Å². The standard InChI is InChI=1S/C28H24N4O2S/c1-2-33-26-17-20(18-29-32-27(30-31-28(32)35)23-9-4-3-5-10-23)13-15-25(26)34-19-21-12-14-22-8-6-7-11-24(22)16-21/h3-18,27H,2,19H2,1H3. The van der Waals surface area contributed by atoms with E-state index in [2.05, 4.69) is 45.7 Å². The summed E-state index contributed by atoms with van der Waals surface area (Å²) in [6, 6.07) is 30.2. The molecule has 1 heterocycles. The lowest BCUT2D eigenvalue weighted by atomic mass is 10.1. The van der Waals surface area contributed by atoms with Gasteiger partial charge in [-0.3, -0.25) is 0 Å². The molecule has 0 spiro atoms. The van der Waals surface area contributed by atoms with Crippen molar-refractivity contribution in [1.82, 2.24) is 5.01 Å². The topological polar surface area (TPSA) is 58.8 Å². The van der Waals surface area contributed by atoms with E-state index in [4.69, 9.17) is 21.7 Å². The normalized spacial score (nSPS) is 15.3. The van der Waals surface area contributed by atoms with E-state index in [0.29, 0.717) is 29.8 Å². The highest BCUT2D eigenvalue weighted by atomic mass is 32.1. The van der Waals surface area contributed by atoms with Crippen molar-refractivity contribution < 1.29 is 9.47 Å². The predicted molar refractivity (Wildman–Crippen MR) is 142 cm³/mol. The van der Waals surface area contributed by atoms with E-state index >= 15 is 0 Å². The summed E-state index contributed by atoms with van der Waals surface area (Å²) < 4.78 is 12.0. The fourth-order valence-electron chi connectivity index (χ4n) is 3.86. The lowest BCUT2D eigenvalue weighted by Crippen LogP contribution is -2.21. The van der Waals surface area contributed by atoms with Crippen LogP contribution in [0, 0.1) is 0 Å². The van der Waals surface area contributed by atoms with E-state index in [0.717, 1.165) is 16.7 Å². The van der Waals surface area contributed by atoms with Crippen LogP contribution in [0.2, 0.25) is 0 Å². The smallest absolute Gasteiger partial charge is 0.238 e. The second-order valence-electron chi connectivity index (χ2n) is 7.98. The zero-order valence-corrected chi connectivity index (χ0v) is 20.1. The molecule has 1 aliphatic heterocycles. The second-order valence-corrected chi connectivity index (χ2v) is 8.35. The number of nitrogens with zero attached hydrogens (tertiary/aromatic N) is 4. The van der Waals surface area contributed by atoms with Gasteiger partial charge in [-0.2, -0.15) is 10.2 Å². The number of rotatable bonds is 8. The lowest BCUT2D eigenvalue weighted by molar-refractivity contribution is 0.269. The maximum Gasteiger partial charge on any atom is 0.238 e. The molecule has 0 radical (unpaired) electrons. The maximum absolute atomic E-state index is 6.12. The Morgan fingerprint density at radius 1 is 0.886 bits per heavy atom. The molecule has 4 aromatic carbocycles. The van der Waals surface area contributed by atoms with Crippen molar-refractivity contribution in [3.63, 3.8) is 0 Å². The third-order valence-electron chi connectivity index (χ3n) is 5.59. The molecule has 0 fully saturated rings. The molecule has 35 heavy (non-hydrogen) atoms. The Balaban J connectivity index is 1.32. The Labute approximate surface area is 209 Å². The molecule has 0 saturated heterocycles. The van der Waals surface area contributed by atoms with Crippen molar-refractivity contribution in [3.05, 3.63) is 108 Å². The molecule has 1 atom stereocenters. The Hall–Kier alpha value is -4.10. The van der Waals surface area contributed by atoms with Crippen LogP contribution in [-0.2, 0) is 6.61 Å². The second kappa shape index (κ2) is 10.4. The van der Waals surface area contributed by atoms with Crippen molar-refractivity contribution in [2.45, 2.75) is 19.7 Å². The Morgan fingerprint density at radius 3 is 2.51 bits per heavy atom. The molecule has 1 unspecified atom stereocenters. The van der Waals surface area contributed by atoms with Crippen LogP contribution in [0.25, 0.3) is 10.8 Å². The highest BCUT2D eigenvalue weighted by Crippen LogP contribution is 2.31. The highest BCUT2D eigenvalue weighted by Gasteiger charge is 2.27. The van der Waals surface area contributed by atoms with Gasteiger partial charge in [-0.1, -0.05) is 66.7 Å². The number of fused-ring (bicyclic) bond motifs is 1. The number of hydrogen-bond donors (Lipinski definition) is 0. The Bertz CT molecular complexity index is 1400. The number of azo groups is 1. The molecule has 0 aliphatic carbocycles. The molecule has 0 N–H and O–H groups in total. The third kappa shape index (κ3) is 5.20. The van der Waals surface area contributed by atoms with Gasteiger partial charge in [-0.15, -0.1) is 5.11 Å². The van der Waals surface area contributed by atoms with Crippen molar-refractivity contribution >= 4 is 34.3 Å². The van der Waals surface area contributed by atoms with Crippen LogP contribution in [0.15, 0.2) is 106 Å². The molecule has 4 aromatic rings. The molecule has 5 rings (SSSR count). The zero-order valence-electron chi connectivity index (χ0n) is 19.2. The molecule has 174 valence electrons. The maximum atomic E-state index is 6.12. The van der Waals surface area contributed by atoms with Crippen molar-refractivity contribution in [1.29, 1.82) is 0 Å². The summed E-state index contributed by atoms with van der Waals surface area (Å²) in [4.78, 5) is 0. The minimum Gasteiger partial charge on any atom is -0.490 e. The highest BCUT2D eigenvalue weighted by molar-refractivity contribution is 7.80.